The highest BCUT2D eigenvalue weighted by atomic mass is 32.1. The zero-order valence-electron chi connectivity index (χ0n) is 11.7. The Balaban J connectivity index is 2.12. The van der Waals surface area contributed by atoms with Crippen LogP contribution >= 0.6 is 11.3 Å². The number of hydrogen-bond donors (Lipinski definition) is 0. The monoisotopic (exact) mass is 348 g/mol. The van der Waals surface area contributed by atoms with Crippen LogP contribution in [0.3, 0.4) is 0 Å². The second-order valence-electron chi connectivity index (χ2n) is 5.28. The van der Waals surface area contributed by atoms with Gasteiger partial charge in [-0.05, 0) is 24.1 Å². The van der Waals surface area contributed by atoms with E-state index in [4.69, 9.17) is 0 Å². The second kappa shape index (κ2) is 4.87. The van der Waals surface area contributed by atoms with Crippen LogP contribution in [0.4, 0.5) is 26.3 Å². The molecule has 2 aromatic rings. The van der Waals surface area contributed by atoms with Crippen molar-refractivity contribution < 1.29 is 26.3 Å². The number of halogens is 6. The Morgan fingerprint density at radius 1 is 0.913 bits per heavy atom. The van der Waals surface area contributed by atoms with Crippen LogP contribution < -0.4 is 0 Å². The van der Waals surface area contributed by atoms with E-state index in [0.717, 1.165) is 11.3 Å². The molecule has 0 N–H and O–H groups in total. The Kier molecular flexibility index (Phi) is 3.41. The molecule has 0 saturated heterocycles. The van der Waals surface area contributed by atoms with Crippen molar-refractivity contribution in [1.82, 2.24) is 0 Å². The lowest BCUT2D eigenvalue weighted by Gasteiger charge is -2.25. The maximum atomic E-state index is 13.9. The molecule has 7 heteroatoms. The van der Waals surface area contributed by atoms with Gasteiger partial charge in [-0.1, -0.05) is 30.3 Å². The molecule has 0 spiro atoms. The summed E-state index contributed by atoms with van der Waals surface area (Å²) < 4.78 is 81.1. The lowest BCUT2D eigenvalue weighted by Crippen LogP contribution is -2.48. The van der Waals surface area contributed by atoms with Crippen LogP contribution in [-0.2, 0) is 0 Å². The Morgan fingerprint density at radius 3 is 2.04 bits per heavy atom. The van der Waals surface area contributed by atoms with Crippen molar-refractivity contribution in [2.24, 2.45) is 0 Å². The molecule has 0 radical (unpaired) electrons. The zero-order chi connectivity index (χ0) is 17.0. The summed E-state index contributed by atoms with van der Waals surface area (Å²) in [5, 5.41) is 0. The molecule has 0 atom stereocenters. The fourth-order valence-corrected chi connectivity index (χ4v) is 3.52. The number of thiophene rings is 1. The van der Waals surface area contributed by atoms with Crippen molar-refractivity contribution in [3.63, 3.8) is 0 Å². The summed E-state index contributed by atoms with van der Waals surface area (Å²) in [7, 11) is 0. The van der Waals surface area contributed by atoms with Gasteiger partial charge in [0, 0.05) is 21.4 Å². The summed E-state index contributed by atoms with van der Waals surface area (Å²) in [6, 6.07) is 9.93. The van der Waals surface area contributed by atoms with E-state index in [2.05, 4.69) is 0 Å². The Hall–Kier alpha value is -1.76. The first-order valence-electron chi connectivity index (χ1n) is 6.61. The molecule has 1 aliphatic carbocycles. The Labute approximate surface area is 132 Å². The predicted octanol–water partition coefficient (Wildman–Crippen LogP) is 6.03. The van der Waals surface area contributed by atoms with E-state index in [1.54, 1.807) is 30.3 Å². The summed E-state index contributed by atoms with van der Waals surface area (Å²) >= 11 is 1.09. The van der Waals surface area contributed by atoms with Gasteiger partial charge in [-0.15, -0.1) is 11.3 Å². The molecule has 0 nitrogen and oxygen atoms in total. The number of allylic oxidation sites excluding steroid dienone is 2. The van der Waals surface area contributed by atoms with Crippen molar-refractivity contribution in [3.8, 4) is 10.4 Å². The average molecular weight is 348 g/mol. The topological polar surface area (TPSA) is 0 Å². The standard InChI is InChI=1S/C16H10F6S/c1-9-11(7-13(23-9)10-5-3-2-4-6-10)12-8-14(17,18)16(21,22)15(12,19)20/h2-8H,1H3. The smallest absolute Gasteiger partial charge is 0.195 e. The largest absolute Gasteiger partial charge is 0.380 e. The summed E-state index contributed by atoms with van der Waals surface area (Å²) in [5.41, 5.74) is -0.883. The molecule has 0 amide bonds. The molecule has 1 aliphatic rings. The van der Waals surface area contributed by atoms with Crippen LogP contribution in [0.25, 0.3) is 16.0 Å². The predicted molar refractivity (Wildman–Crippen MR) is 77.3 cm³/mol. The van der Waals surface area contributed by atoms with Crippen LogP contribution in [0.15, 0.2) is 42.5 Å². The molecule has 0 saturated carbocycles. The molecule has 0 fully saturated rings. The molecule has 0 unspecified atom stereocenters. The third-order valence-corrected chi connectivity index (χ3v) is 4.84. The lowest BCUT2D eigenvalue weighted by atomic mass is 10.0. The van der Waals surface area contributed by atoms with Gasteiger partial charge in [0.05, 0.1) is 0 Å². The minimum Gasteiger partial charge on any atom is -0.195 e. The number of hydrogen-bond acceptors (Lipinski definition) is 1. The fourth-order valence-electron chi connectivity index (χ4n) is 2.48. The van der Waals surface area contributed by atoms with Gasteiger partial charge in [0.2, 0.25) is 0 Å². The summed E-state index contributed by atoms with van der Waals surface area (Å²) in [6.07, 6.45) is -0.309. The first-order valence-corrected chi connectivity index (χ1v) is 7.42. The molecule has 122 valence electrons. The van der Waals surface area contributed by atoms with Gasteiger partial charge in [0.1, 0.15) is 0 Å². The number of benzene rings is 1. The van der Waals surface area contributed by atoms with E-state index in [9.17, 15) is 26.3 Å². The van der Waals surface area contributed by atoms with Crippen LogP contribution in [0, 0.1) is 6.92 Å². The third-order valence-electron chi connectivity index (χ3n) is 3.74. The van der Waals surface area contributed by atoms with Gasteiger partial charge in [-0.3, -0.25) is 0 Å². The van der Waals surface area contributed by atoms with Crippen molar-refractivity contribution in [1.29, 1.82) is 0 Å². The van der Waals surface area contributed by atoms with Gasteiger partial charge < -0.3 is 0 Å². The first-order chi connectivity index (χ1) is 10.6. The summed E-state index contributed by atoms with van der Waals surface area (Å²) in [4.78, 5) is 0.830. The van der Waals surface area contributed by atoms with Crippen LogP contribution in [-0.4, -0.2) is 17.8 Å². The van der Waals surface area contributed by atoms with Crippen LogP contribution in [0.5, 0.6) is 0 Å². The Morgan fingerprint density at radius 2 is 1.52 bits per heavy atom. The van der Waals surface area contributed by atoms with Crippen molar-refractivity contribution in [3.05, 3.63) is 52.9 Å². The highest BCUT2D eigenvalue weighted by molar-refractivity contribution is 7.15. The summed E-state index contributed by atoms with van der Waals surface area (Å²) in [6.45, 7) is 1.44. The number of alkyl halides is 6. The minimum atomic E-state index is -5.43. The number of aryl methyl sites for hydroxylation is 1. The molecular formula is C16H10F6S. The van der Waals surface area contributed by atoms with E-state index < -0.39 is 23.3 Å². The van der Waals surface area contributed by atoms with Crippen LogP contribution in [0.2, 0.25) is 0 Å². The molecule has 3 rings (SSSR count). The molecular weight excluding hydrogens is 338 g/mol. The highest BCUT2D eigenvalue weighted by Gasteiger charge is 2.76. The fraction of sp³-hybridized carbons (Fsp3) is 0.250. The molecule has 1 heterocycles. The van der Waals surface area contributed by atoms with Crippen LogP contribution in [0.1, 0.15) is 10.4 Å². The van der Waals surface area contributed by atoms with Gasteiger partial charge in [0.25, 0.3) is 0 Å². The summed E-state index contributed by atoms with van der Waals surface area (Å²) in [5.74, 6) is -15.2. The molecule has 0 aliphatic heterocycles. The average Bonchev–Trinajstić information content (AvgIpc) is 2.91. The SMILES string of the molecule is Cc1sc(-c2ccccc2)cc1C1=CC(F)(F)C(F)(F)C1(F)F. The molecule has 23 heavy (non-hydrogen) atoms. The molecule has 0 bridgehead atoms. The van der Waals surface area contributed by atoms with Crippen molar-refractivity contribution in [2.75, 3.05) is 0 Å². The third kappa shape index (κ3) is 2.21. The van der Waals surface area contributed by atoms with E-state index >= 15 is 0 Å². The van der Waals surface area contributed by atoms with E-state index in [1.807, 2.05) is 0 Å². The quantitative estimate of drug-likeness (QED) is 0.582. The second-order valence-corrected chi connectivity index (χ2v) is 6.53. The highest BCUT2D eigenvalue weighted by Crippen LogP contribution is 2.59. The van der Waals surface area contributed by atoms with Gasteiger partial charge in [0.15, 0.2) is 0 Å². The lowest BCUT2D eigenvalue weighted by molar-refractivity contribution is -0.257. The van der Waals surface area contributed by atoms with Gasteiger partial charge in [-0.2, -0.15) is 26.3 Å². The maximum Gasteiger partial charge on any atom is 0.380 e. The number of rotatable bonds is 2. The Bertz CT molecular complexity index is 773. The normalized spacial score (nSPS) is 21.3. The maximum absolute atomic E-state index is 13.9. The first kappa shape index (κ1) is 16.1. The van der Waals surface area contributed by atoms with E-state index in [1.165, 1.54) is 13.0 Å². The zero-order valence-corrected chi connectivity index (χ0v) is 12.5. The van der Waals surface area contributed by atoms with Crippen molar-refractivity contribution in [2.45, 2.75) is 24.7 Å². The van der Waals surface area contributed by atoms with Crippen molar-refractivity contribution >= 4 is 16.9 Å². The van der Waals surface area contributed by atoms with E-state index in [-0.39, 0.29) is 16.5 Å². The molecule has 1 aromatic heterocycles. The van der Waals surface area contributed by atoms with E-state index in [0.29, 0.717) is 10.4 Å². The minimum absolute atomic E-state index is 0.268. The molecule has 1 aromatic carbocycles. The van der Waals surface area contributed by atoms with Gasteiger partial charge >= 0.3 is 17.8 Å². The van der Waals surface area contributed by atoms with Gasteiger partial charge in [-0.25, -0.2) is 0 Å².